The molecule has 0 aliphatic carbocycles. The normalized spacial score (nSPS) is 13.0. The zero-order valence-corrected chi connectivity index (χ0v) is 13.8. The van der Waals surface area contributed by atoms with Gasteiger partial charge in [-0.25, -0.2) is 17.4 Å². The summed E-state index contributed by atoms with van der Waals surface area (Å²) in [4.78, 5) is 11.5. The molecular weight excluding hydrogens is 322 g/mol. The summed E-state index contributed by atoms with van der Waals surface area (Å²) in [5.74, 6) is -1.03. The fourth-order valence-electron chi connectivity index (χ4n) is 2.01. The summed E-state index contributed by atoms with van der Waals surface area (Å²) in [7, 11) is -1.06. The number of tetrazole rings is 1. The molecule has 124 valence electrons. The lowest BCUT2D eigenvalue weighted by Crippen LogP contribution is -2.34. The highest BCUT2D eigenvalue weighted by Crippen LogP contribution is 2.18. The number of methoxy groups -OCH3 is 1. The molecule has 0 radical (unpaired) electrons. The first-order valence-corrected chi connectivity index (χ1v) is 8.18. The second-order valence-electron chi connectivity index (χ2n) is 4.96. The zero-order chi connectivity index (χ0) is 17.0. The van der Waals surface area contributed by atoms with Crippen LogP contribution in [0.1, 0.15) is 6.92 Å². The highest BCUT2D eigenvalue weighted by molar-refractivity contribution is 7.89. The molecule has 0 aliphatic heterocycles. The number of rotatable bonds is 6. The lowest BCUT2D eigenvalue weighted by atomic mass is 10.2. The molecular formula is C13H17N5O4S. The Labute approximate surface area is 133 Å². The van der Waals surface area contributed by atoms with Gasteiger partial charge in [-0.05, 0) is 28.6 Å². The molecule has 1 atom stereocenters. The van der Waals surface area contributed by atoms with E-state index in [0.717, 1.165) is 4.31 Å². The van der Waals surface area contributed by atoms with Crippen molar-refractivity contribution in [3.8, 4) is 5.69 Å². The summed E-state index contributed by atoms with van der Waals surface area (Å²) in [6.45, 7) is 1.62. The summed E-state index contributed by atoms with van der Waals surface area (Å²) >= 11 is 0. The zero-order valence-electron chi connectivity index (χ0n) is 12.9. The molecule has 0 saturated carbocycles. The molecule has 0 N–H and O–H groups in total. The number of carbonyl (C=O) groups is 1. The van der Waals surface area contributed by atoms with Crippen LogP contribution in [0.3, 0.4) is 0 Å². The summed E-state index contributed by atoms with van der Waals surface area (Å²) in [6, 6.07) is 6.22. The van der Waals surface area contributed by atoms with E-state index < -0.39 is 21.9 Å². The molecule has 23 heavy (non-hydrogen) atoms. The Balaban J connectivity index is 2.26. The lowest BCUT2D eigenvalue weighted by molar-refractivity contribution is -0.144. The minimum absolute atomic E-state index is 0.0180. The number of aromatic nitrogens is 4. The number of benzene rings is 1. The van der Waals surface area contributed by atoms with E-state index >= 15 is 0 Å². The molecule has 1 aromatic heterocycles. The number of carbonyl (C=O) groups excluding carboxylic acids is 1. The van der Waals surface area contributed by atoms with Crippen molar-refractivity contribution in [3.63, 3.8) is 0 Å². The SMILES string of the molecule is COC(=O)C(C)CN(C)S(=O)(=O)c1cccc(-n2cnnn2)c1. The minimum Gasteiger partial charge on any atom is -0.469 e. The second kappa shape index (κ2) is 6.84. The van der Waals surface area contributed by atoms with E-state index in [0.29, 0.717) is 5.69 Å². The highest BCUT2D eigenvalue weighted by atomic mass is 32.2. The van der Waals surface area contributed by atoms with Crippen LogP contribution in [0.5, 0.6) is 0 Å². The van der Waals surface area contributed by atoms with E-state index in [1.807, 2.05) is 0 Å². The summed E-state index contributed by atoms with van der Waals surface area (Å²) in [5, 5.41) is 10.8. The van der Waals surface area contributed by atoms with Crippen molar-refractivity contribution in [2.45, 2.75) is 11.8 Å². The van der Waals surface area contributed by atoms with Crippen LogP contribution in [-0.2, 0) is 19.6 Å². The van der Waals surface area contributed by atoms with Crippen molar-refractivity contribution in [1.29, 1.82) is 0 Å². The smallest absolute Gasteiger partial charge is 0.309 e. The van der Waals surface area contributed by atoms with Gasteiger partial charge in [-0.1, -0.05) is 13.0 Å². The maximum absolute atomic E-state index is 12.6. The number of hydrogen-bond acceptors (Lipinski definition) is 7. The standard InChI is InChI=1S/C13H17N5O4S/c1-10(13(19)22-3)8-17(2)23(20,21)12-6-4-5-11(7-12)18-9-14-15-16-18/h4-7,9-10H,8H2,1-3H3. The molecule has 10 heteroatoms. The van der Waals surface area contributed by atoms with Crippen LogP contribution in [-0.4, -0.2) is 59.6 Å². The third-order valence-electron chi connectivity index (χ3n) is 3.27. The van der Waals surface area contributed by atoms with E-state index in [4.69, 9.17) is 0 Å². The predicted molar refractivity (Wildman–Crippen MR) is 80.1 cm³/mol. The van der Waals surface area contributed by atoms with Gasteiger partial charge in [0.2, 0.25) is 10.0 Å². The Morgan fingerprint density at radius 2 is 2.17 bits per heavy atom. The minimum atomic E-state index is -3.75. The molecule has 1 aromatic carbocycles. The van der Waals surface area contributed by atoms with Gasteiger partial charge in [0.15, 0.2) is 0 Å². The van der Waals surface area contributed by atoms with Crippen LogP contribution in [0.25, 0.3) is 5.69 Å². The molecule has 1 heterocycles. The fraction of sp³-hybridized carbons (Fsp3) is 0.385. The van der Waals surface area contributed by atoms with Gasteiger partial charge in [-0.15, -0.1) is 5.10 Å². The largest absolute Gasteiger partial charge is 0.469 e. The van der Waals surface area contributed by atoms with E-state index in [2.05, 4.69) is 20.3 Å². The molecule has 9 nitrogen and oxygen atoms in total. The number of ether oxygens (including phenoxy) is 1. The first kappa shape index (κ1) is 17.0. The average Bonchev–Trinajstić information content (AvgIpc) is 3.08. The Morgan fingerprint density at radius 3 is 2.78 bits per heavy atom. The van der Waals surface area contributed by atoms with Crippen LogP contribution < -0.4 is 0 Å². The van der Waals surface area contributed by atoms with Gasteiger partial charge in [-0.2, -0.15) is 0 Å². The van der Waals surface area contributed by atoms with E-state index in [-0.39, 0.29) is 11.4 Å². The van der Waals surface area contributed by atoms with Crippen LogP contribution in [0.15, 0.2) is 35.5 Å². The van der Waals surface area contributed by atoms with Crippen molar-refractivity contribution in [2.24, 2.45) is 5.92 Å². The van der Waals surface area contributed by atoms with Gasteiger partial charge < -0.3 is 4.74 Å². The van der Waals surface area contributed by atoms with Crippen LogP contribution in [0.2, 0.25) is 0 Å². The Kier molecular flexibility index (Phi) is 5.06. The fourth-order valence-corrected chi connectivity index (χ4v) is 3.31. The monoisotopic (exact) mass is 339 g/mol. The molecule has 0 amide bonds. The molecule has 1 unspecified atom stereocenters. The third kappa shape index (κ3) is 3.71. The van der Waals surface area contributed by atoms with Crippen molar-refractivity contribution in [2.75, 3.05) is 20.7 Å². The average molecular weight is 339 g/mol. The van der Waals surface area contributed by atoms with E-state index in [1.165, 1.54) is 37.3 Å². The van der Waals surface area contributed by atoms with E-state index in [9.17, 15) is 13.2 Å². The first-order valence-electron chi connectivity index (χ1n) is 6.74. The van der Waals surface area contributed by atoms with E-state index in [1.54, 1.807) is 19.1 Å². The number of sulfonamides is 1. The molecule has 0 fully saturated rings. The molecule has 2 aromatic rings. The third-order valence-corrected chi connectivity index (χ3v) is 5.09. The van der Waals surface area contributed by atoms with Gasteiger partial charge in [0.1, 0.15) is 6.33 Å². The maximum Gasteiger partial charge on any atom is 0.309 e. The van der Waals surface area contributed by atoms with Crippen molar-refractivity contribution in [3.05, 3.63) is 30.6 Å². The topological polar surface area (TPSA) is 107 Å². The number of nitrogens with zero attached hydrogens (tertiary/aromatic N) is 5. The van der Waals surface area contributed by atoms with Gasteiger partial charge >= 0.3 is 5.97 Å². The van der Waals surface area contributed by atoms with Crippen LogP contribution in [0, 0.1) is 5.92 Å². The maximum atomic E-state index is 12.6. The Hall–Kier alpha value is -2.33. The molecule has 0 saturated heterocycles. The summed E-state index contributed by atoms with van der Waals surface area (Å²) in [6.07, 6.45) is 1.37. The van der Waals surface area contributed by atoms with Gasteiger partial charge in [0.05, 0.1) is 23.6 Å². The molecule has 0 aliphatic rings. The molecule has 2 rings (SSSR count). The van der Waals surface area contributed by atoms with Crippen molar-refractivity contribution >= 4 is 16.0 Å². The Bertz CT molecular complexity index is 775. The van der Waals surface area contributed by atoms with Gasteiger partial charge in [-0.3, -0.25) is 4.79 Å². The number of esters is 1. The van der Waals surface area contributed by atoms with Crippen molar-refractivity contribution < 1.29 is 17.9 Å². The second-order valence-corrected chi connectivity index (χ2v) is 7.01. The van der Waals surface area contributed by atoms with Gasteiger partial charge in [0, 0.05) is 13.6 Å². The lowest BCUT2D eigenvalue weighted by Gasteiger charge is -2.20. The summed E-state index contributed by atoms with van der Waals surface area (Å²) < 4.78 is 32.3. The van der Waals surface area contributed by atoms with Gasteiger partial charge in [0.25, 0.3) is 0 Å². The first-order chi connectivity index (χ1) is 10.9. The van der Waals surface area contributed by atoms with Crippen molar-refractivity contribution in [1.82, 2.24) is 24.5 Å². The molecule has 0 spiro atoms. The predicted octanol–water partition coefficient (Wildman–Crippen LogP) is 0.0919. The molecule has 0 bridgehead atoms. The summed E-state index contributed by atoms with van der Waals surface area (Å²) in [5.41, 5.74) is 0.519. The van der Waals surface area contributed by atoms with Crippen LogP contribution >= 0.6 is 0 Å². The van der Waals surface area contributed by atoms with Crippen LogP contribution in [0.4, 0.5) is 0 Å². The highest BCUT2D eigenvalue weighted by Gasteiger charge is 2.25. The number of hydrogen-bond donors (Lipinski definition) is 0. The Morgan fingerprint density at radius 1 is 1.43 bits per heavy atom. The quantitative estimate of drug-likeness (QED) is 0.686.